The largest absolute Gasteiger partial charge is 0.573 e. The summed E-state index contributed by atoms with van der Waals surface area (Å²) >= 11 is 12.7. The number of aromatic amines is 1. The van der Waals surface area contributed by atoms with E-state index in [0.29, 0.717) is 43.9 Å². The molecule has 0 saturated heterocycles. The van der Waals surface area contributed by atoms with Gasteiger partial charge in [0.15, 0.2) is 11.5 Å². The van der Waals surface area contributed by atoms with Crippen molar-refractivity contribution >= 4 is 29.1 Å². The van der Waals surface area contributed by atoms with Crippen molar-refractivity contribution < 1.29 is 22.7 Å². The van der Waals surface area contributed by atoms with Crippen molar-refractivity contribution in [2.75, 3.05) is 7.05 Å². The third kappa shape index (κ3) is 6.24. The van der Waals surface area contributed by atoms with E-state index in [4.69, 9.17) is 28.3 Å². The van der Waals surface area contributed by atoms with E-state index in [1.165, 1.54) is 29.2 Å². The minimum atomic E-state index is -4.81. The second-order valence-electron chi connectivity index (χ2n) is 9.26. The number of hydrogen-bond acceptors (Lipinski definition) is 6. The summed E-state index contributed by atoms with van der Waals surface area (Å²) in [7, 11) is 1.59. The lowest BCUT2D eigenvalue weighted by atomic mass is 10.0. The Hall–Kier alpha value is -4.42. The number of carbonyl (C=O) groups excluding carboxylic acids is 1. The molecule has 0 fully saturated rings. The highest BCUT2D eigenvalue weighted by molar-refractivity contribution is 6.32. The van der Waals surface area contributed by atoms with Gasteiger partial charge in [0.25, 0.3) is 5.91 Å². The predicted octanol–water partition coefficient (Wildman–Crippen LogP) is 6.68. The number of carbonyl (C=O) groups is 1. The highest BCUT2D eigenvalue weighted by Crippen LogP contribution is 2.35. The molecule has 9 nitrogen and oxygen atoms in total. The zero-order valence-electron chi connectivity index (χ0n) is 22.1. The SMILES string of the molecule is CC(c1ccc(OC(F)(F)F)cc1)N(C)C(=O)c1nn(-c2ccccc2Cl)c(-c2ccc(Cl)cc2)c1Cc1nn[nH]n1. The summed E-state index contributed by atoms with van der Waals surface area (Å²) in [5.41, 5.74) is 3.02. The first-order chi connectivity index (χ1) is 20.0. The molecule has 0 radical (unpaired) electrons. The van der Waals surface area contributed by atoms with Crippen molar-refractivity contribution in [2.45, 2.75) is 25.7 Å². The first kappa shape index (κ1) is 29.1. The molecule has 42 heavy (non-hydrogen) atoms. The van der Waals surface area contributed by atoms with E-state index in [1.807, 2.05) is 0 Å². The third-order valence-corrected chi connectivity index (χ3v) is 7.18. The lowest BCUT2D eigenvalue weighted by Gasteiger charge is -2.25. The third-order valence-electron chi connectivity index (χ3n) is 6.61. The molecule has 0 bridgehead atoms. The van der Waals surface area contributed by atoms with E-state index in [2.05, 4.69) is 25.4 Å². The van der Waals surface area contributed by atoms with Crippen LogP contribution in [0.15, 0.2) is 72.8 Å². The molecule has 5 rings (SSSR count). The molecular weight excluding hydrogens is 594 g/mol. The van der Waals surface area contributed by atoms with Gasteiger partial charge in [0.05, 0.1) is 22.4 Å². The fourth-order valence-corrected chi connectivity index (χ4v) is 4.76. The fraction of sp³-hybridized carbons (Fsp3) is 0.179. The standard InChI is InChI=1S/C28H22Cl2F3N7O2/c1-16(17-9-13-20(14-10-17)42-28(31,32)33)39(2)27(41)25-21(15-24-34-37-38-35-24)26(18-7-11-19(29)12-8-18)40(36-25)23-6-4-3-5-22(23)30/h3-14,16H,15H2,1-2H3,(H,34,35,37,38). The summed E-state index contributed by atoms with van der Waals surface area (Å²) in [4.78, 5) is 15.5. The molecule has 1 atom stereocenters. The highest BCUT2D eigenvalue weighted by atomic mass is 35.5. The minimum Gasteiger partial charge on any atom is -0.406 e. The molecule has 3 aromatic carbocycles. The Bertz CT molecular complexity index is 1690. The van der Waals surface area contributed by atoms with Gasteiger partial charge in [-0.05, 0) is 48.9 Å². The van der Waals surface area contributed by atoms with Crippen LogP contribution in [0, 0.1) is 0 Å². The number of para-hydroxylation sites is 1. The van der Waals surface area contributed by atoms with E-state index in [1.54, 1.807) is 67.2 Å². The number of amides is 1. The molecule has 1 N–H and O–H groups in total. The lowest BCUT2D eigenvalue weighted by Crippen LogP contribution is -2.31. The molecule has 2 heterocycles. The second-order valence-corrected chi connectivity index (χ2v) is 10.1. The smallest absolute Gasteiger partial charge is 0.406 e. The monoisotopic (exact) mass is 615 g/mol. The minimum absolute atomic E-state index is 0.103. The number of nitrogens with zero attached hydrogens (tertiary/aromatic N) is 6. The van der Waals surface area contributed by atoms with Crippen LogP contribution in [0.1, 0.15) is 40.4 Å². The Morgan fingerprint density at radius 1 is 1.05 bits per heavy atom. The van der Waals surface area contributed by atoms with Crippen LogP contribution in [0.2, 0.25) is 10.0 Å². The molecule has 0 aliphatic heterocycles. The maximum atomic E-state index is 14.1. The van der Waals surface area contributed by atoms with Gasteiger partial charge in [-0.1, -0.05) is 64.8 Å². The number of hydrogen-bond donors (Lipinski definition) is 1. The van der Waals surface area contributed by atoms with E-state index in [-0.39, 0.29) is 17.9 Å². The molecule has 5 aromatic rings. The summed E-state index contributed by atoms with van der Waals surface area (Å²) in [5.74, 6) is -0.479. The van der Waals surface area contributed by atoms with Gasteiger partial charge >= 0.3 is 6.36 Å². The van der Waals surface area contributed by atoms with Gasteiger partial charge in [-0.15, -0.1) is 23.4 Å². The molecular formula is C28H22Cl2F3N7O2. The molecule has 0 aliphatic carbocycles. The van der Waals surface area contributed by atoms with Crippen LogP contribution in [-0.4, -0.2) is 54.6 Å². The molecule has 1 amide bonds. The normalized spacial score (nSPS) is 12.3. The van der Waals surface area contributed by atoms with Gasteiger partial charge < -0.3 is 9.64 Å². The van der Waals surface area contributed by atoms with Crippen LogP contribution >= 0.6 is 23.2 Å². The first-order valence-electron chi connectivity index (χ1n) is 12.5. The van der Waals surface area contributed by atoms with Crippen molar-refractivity contribution in [3.63, 3.8) is 0 Å². The molecule has 1 unspecified atom stereocenters. The number of alkyl halides is 3. The van der Waals surface area contributed by atoms with Crippen molar-refractivity contribution in [1.29, 1.82) is 0 Å². The maximum absolute atomic E-state index is 14.1. The maximum Gasteiger partial charge on any atom is 0.573 e. The molecule has 0 saturated carbocycles. The summed E-state index contributed by atoms with van der Waals surface area (Å²) in [6.07, 6.45) is -4.71. The Balaban J connectivity index is 1.60. The number of nitrogens with one attached hydrogen (secondary N) is 1. The molecule has 14 heteroatoms. The van der Waals surface area contributed by atoms with Gasteiger partial charge in [-0.2, -0.15) is 10.3 Å². The number of ether oxygens (including phenoxy) is 1. The number of aromatic nitrogens is 6. The van der Waals surface area contributed by atoms with Crippen LogP contribution in [-0.2, 0) is 6.42 Å². The van der Waals surface area contributed by atoms with Crippen molar-refractivity contribution in [3.05, 3.63) is 105 Å². The first-order valence-corrected chi connectivity index (χ1v) is 13.3. The Morgan fingerprint density at radius 2 is 1.74 bits per heavy atom. The number of H-pyrrole nitrogens is 1. The van der Waals surface area contributed by atoms with Gasteiger partial charge in [-0.3, -0.25) is 4.79 Å². The zero-order valence-corrected chi connectivity index (χ0v) is 23.6. The highest BCUT2D eigenvalue weighted by Gasteiger charge is 2.32. The van der Waals surface area contributed by atoms with Gasteiger partial charge in [0.2, 0.25) is 0 Å². The Labute approximate surface area is 247 Å². The van der Waals surface area contributed by atoms with Crippen LogP contribution in [0.25, 0.3) is 16.9 Å². The topological polar surface area (TPSA) is 102 Å². The fourth-order valence-electron chi connectivity index (χ4n) is 4.42. The van der Waals surface area contributed by atoms with Crippen molar-refractivity contribution in [3.8, 4) is 22.7 Å². The molecule has 216 valence electrons. The summed E-state index contributed by atoms with van der Waals surface area (Å²) in [6.45, 7) is 1.75. The molecule has 0 spiro atoms. The zero-order chi connectivity index (χ0) is 30.0. The van der Waals surface area contributed by atoms with E-state index < -0.39 is 18.3 Å². The van der Waals surface area contributed by atoms with Crippen LogP contribution in [0.5, 0.6) is 5.75 Å². The number of rotatable bonds is 8. The average molecular weight is 616 g/mol. The quantitative estimate of drug-likeness (QED) is 0.209. The van der Waals surface area contributed by atoms with Crippen LogP contribution in [0.4, 0.5) is 13.2 Å². The Kier molecular flexibility index (Phi) is 8.19. The van der Waals surface area contributed by atoms with Gasteiger partial charge in [0, 0.05) is 29.6 Å². The van der Waals surface area contributed by atoms with Crippen molar-refractivity contribution in [2.24, 2.45) is 0 Å². The van der Waals surface area contributed by atoms with Gasteiger partial charge in [0.1, 0.15) is 5.75 Å². The van der Waals surface area contributed by atoms with E-state index >= 15 is 0 Å². The van der Waals surface area contributed by atoms with E-state index in [0.717, 1.165) is 0 Å². The van der Waals surface area contributed by atoms with Crippen LogP contribution < -0.4 is 4.74 Å². The van der Waals surface area contributed by atoms with E-state index in [9.17, 15) is 18.0 Å². The lowest BCUT2D eigenvalue weighted by molar-refractivity contribution is -0.274. The number of benzene rings is 3. The van der Waals surface area contributed by atoms with Crippen molar-refractivity contribution in [1.82, 2.24) is 35.3 Å². The van der Waals surface area contributed by atoms with Crippen LogP contribution in [0.3, 0.4) is 0 Å². The van der Waals surface area contributed by atoms with Gasteiger partial charge in [-0.25, -0.2) is 4.68 Å². The second kappa shape index (κ2) is 11.8. The summed E-state index contributed by atoms with van der Waals surface area (Å²) < 4.78 is 43.4. The molecule has 0 aliphatic rings. The predicted molar refractivity (Wildman–Crippen MR) is 150 cm³/mol. The summed E-state index contributed by atoms with van der Waals surface area (Å²) in [5, 5.41) is 19.9. The average Bonchev–Trinajstić information content (AvgIpc) is 3.61. The Morgan fingerprint density at radius 3 is 2.36 bits per heavy atom. The number of tetrazole rings is 1. The summed E-state index contributed by atoms with van der Waals surface area (Å²) in [6, 6.07) is 18.9. The molecule has 2 aromatic heterocycles. The number of halogens is 5.